The maximum atomic E-state index is 11.7. The number of hydrogen-bond donors (Lipinski definition) is 1. The van der Waals surface area contributed by atoms with Gasteiger partial charge in [-0.05, 0) is 42.5 Å². The number of anilines is 1. The van der Waals surface area contributed by atoms with Gasteiger partial charge in [-0.2, -0.15) is 0 Å². The third kappa shape index (κ3) is 4.48. The number of hydrogen-bond acceptors (Lipinski definition) is 3. The highest BCUT2D eigenvalue weighted by molar-refractivity contribution is 6.42. The molecule has 0 aliphatic carbocycles. The van der Waals surface area contributed by atoms with Gasteiger partial charge in [0, 0.05) is 11.3 Å². The van der Waals surface area contributed by atoms with Gasteiger partial charge in [-0.15, -0.1) is 0 Å². The number of nitrogens with one attached hydrogen (secondary N) is 1. The Labute approximate surface area is 131 Å². The van der Waals surface area contributed by atoms with Crippen molar-refractivity contribution in [2.75, 3.05) is 11.9 Å². The first-order chi connectivity index (χ1) is 10.1. The van der Waals surface area contributed by atoms with Crippen LogP contribution in [0.3, 0.4) is 0 Å². The first-order valence-electron chi connectivity index (χ1n) is 6.01. The molecule has 0 spiro atoms. The van der Waals surface area contributed by atoms with Crippen molar-refractivity contribution in [3.63, 3.8) is 0 Å². The number of ether oxygens (including phenoxy) is 1. The van der Waals surface area contributed by atoms with Gasteiger partial charge in [-0.1, -0.05) is 23.2 Å². The number of rotatable bonds is 5. The number of benzene rings is 2. The highest BCUT2D eigenvalue weighted by atomic mass is 35.5. The van der Waals surface area contributed by atoms with E-state index in [0.29, 0.717) is 27.0 Å². The summed E-state index contributed by atoms with van der Waals surface area (Å²) < 4.78 is 5.31. The summed E-state index contributed by atoms with van der Waals surface area (Å²) >= 11 is 11.6. The number of aldehydes is 1. The van der Waals surface area contributed by atoms with Crippen LogP contribution in [0.1, 0.15) is 10.4 Å². The average molecular weight is 324 g/mol. The summed E-state index contributed by atoms with van der Waals surface area (Å²) in [4.78, 5) is 22.3. The number of halogens is 2. The zero-order valence-corrected chi connectivity index (χ0v) is 12.3. The quantitative estimate of drug-likeness (QED) is 0.851. The molecular formula is C15H11Cl2NO3. The standard InChI is InChI=1S/C15H11Cl2NO3/c16-13-6-3-11(7-14(13)17)18-15(20)9-21-12-4-1-10(8-19)2-5-12/h1-8H,9H2,(H,18,20). The van der Waals surface area contributed by atoms with Crippen LogP contribution in [0.25, 0.3) is 0 Å². The summed E-state index contributed by atoms with van der Waals surface area (Å²) in [6.07, 6.45) is 0.737. The minimum atomic E-state index is -0.326. The topological polar surface area (TPSA) is 55.4 Å². The first-order valence-corrected chi connectivity index (χ1v) is 6.77. The van der Waals surface area contributed by atoms with Crippen molar-refractivity contribution in [3.8, 4) is 5.75 Å². The fraction of sp³-hybridized carbons (Fsp3) is 0.0667. The molecule has 1 N–H and O–H groups in total. The second kappa shape index (κ2) is 7.11. The summed E-state index contributed by atoms with van der Waals surface area (Å²) in [6.45, 7) is -0.152. The van der Waals surface area contributed by atoms with E-state index in [1.807, 2.05) is 0 Å². The summed E-state index contributed by atoms with van der Waals surface area (Å²) in [5.41, 5.74) is 1.08. The molecule has 21 heavy (non-hydrogen) atoms. The molecule has 4 nitrogen and oxygen atoms in total. The Hall–Kier alpha value is -2.04. The highest BCUT2D eigenvalue weighted by Gasteiger charge is 2.05. The van der Waals surface area contributed by atoms with Crippen LogP contribution in [-0.2, 0) is 4.79 Å². The molecule has 2 aromatic carbocycles. The van der Waals surface area contributed by atoms with Crippen molar-refractivity contribution in [3.05, 3.63) is 58.1 Å². The SMILES string of the molecule is O=Cc1ccc(OCC(=O)Nc2ccc(Cl)c(Cl)c2)cc1. The molecule has 6 heteroatoms. The molecule has 0 saturated carbocycles. The molecule has 0 heterocycles. The van der Waals surface area contributed by atoms with Gasteiger partial charge in [0.2, 0.25) is 0 Å². The van der Waals surface area contributed by atoms with Crippen molar-refractivity contribution in [2.45, 2.75) is 0 Å². The lowest BCUT2D eigenvalue weighted by Gasteiger charge is -2.08. The molecule has 0 bridgehead atoms. The second-order valence-electron chi connectivity index (χ2n) is 4.15. The maximum Gasteiger partial charge on any atom is 0.262 e. The number of amides is 1. The molecule has 0 atom stereocenters. The Balaban J connectivity index is 1.89. The third-order valence-electron chi connectivity index (χ3n) is 2.59. The van der Waals surface area contributed by atoms with Crippen molar-refractivity contribution in [2.24, 2.45) is 0 Å². The molecule has 2 aromatic rings. The van der Waals surface area contributed by atoms with E-state index in [-0.39, 0.29) is 12.5 Å². The highest BCUT2D eigenvalue weighted by Crippen LogP contribution is 2.24. The fourth-order valence-electron chi connectivity index (χ4n) is 1.56. The monoisotopic (exact) mass is 323 g/mol. The van der Waals surface area contributed by atoms with E-state index in [2.05, 4.69) is 5.32 Å². The van der Waals surface area contributed by atoms with E-state index in [4.69, 9.17) is 27.9 Å². The number of carbonyl (C=O) groups is 2. The number of carbonyl (C=O) groups excluding carboxylic acids is 2. The van der Waals surface area contributed by atoms with Gasteiger partial charge in [0.25, 0.3) is 5.91 Å². The van der Waals surface area contributed by atoms with Crippen LogP contribution in [0.5, 0.6) is 5.75 Å². The van der Waals surface area contributed by atoms with Crippen LogP contribution < -0.4 is 10.1 Å². The summed E-state index contributed by atoms with van der Waals surface area (Å²) in [7, 11) is 0. The minimum absolute atomic E-state index is 0.152. The lowest BCUT2D eigenvalue weighted by Crippen LogP contribution is -2.20. The van der Waals surface area contributed by atoms with Crippen LogP contribution in [0.2, 0.25) is 10.0 Å². The second-order valence-corrected chi connectivity index (χ2v) is 4.97. The smallest absolute Gasteiger partial charge is 0.262 e. The van der Waals surface area contributed by atoms with Gasteiger partial charge in [0.1, 0.15) is 12.0 Å². The average Bonchev–Trinajstić information content (AvgIpc) is 2.49. The zero-order chi connectivity index (χ0) is 15.2. The van der Waals surface area contributed by atoms with E-state index in [1.54, 1.807) is 42.5 Å². The molecule has 0 unspecified atom stereocenters. The van der Waals surface area contributed by atoms with Gasteiger partial charge >= 0.3 is 0 Å². The van der Waals surface area contributed by atoms with Crippen LogP contribution in [0.15, 0.2) is 42.5 Å². The van der Waals surface area contributed by atoms with Crippen molar-refractivity contribution in [1.82, 2.24) is 0 Å². The van der Waals surface area contributed by atoms with E-state index in [0.717, 1.165) is 6.29 Å². The Kier molecular flexibility index (Phi) is 5.20. The Morgan fingerprint density at radius 1 is 1.10 bits per heavy atom. The van der Waals surface area contributed by atoms with Gasteiger partial charge in [-0.3, -0.25) is 9.59 Å². The lowest BCUT2D eigenvalue weighted by molar-refractivity contribution is -0.118. The van der Waals surface area contributed by atoms with Crippen molar-refractivity contribution >= 4 is 41.1 Å². The Morgan fingerprint density at radius 3 is 2.43 bits per heavy atom. The molecule has 0 saturated heterocycles. The van der Waals surface area contributed by atoms with E-state index in [1.165, 1.54) is 0 Å². The van der Waals surface area contributed by atoms with Gasteiger partial charge in [0.05, 0.1) is 10.0 Å². The van der Waals surface area contributed by atoms with Crippen LogP contribution >= 0.6 is 23.2 Å². The minimum Gasteiger partial charge on any atom is -0.484 e. The fourth-order valence-corrected chi connectivity index (χ4v) is 1.86. The molecule has 108 valence electrons. The molecule has 2 rings (SSSR count). The van der Waals surface area contributed by atoms with Gasteiger partial charge in [0.15, 0.2) is 6.61 Å². The molecular weight excluding hydrogens is 313 g/mol. The van der Waals surface area contributed by atoms with E-state index in [9.17, 15) is 9.59 Å². The zero-order valence-electron chi connectivity index (χ0n) is 10.8. The van der Waals surface area contributed by atoms with Crippen LogP contribution in [0, 0.1) is 0 Å². The molecule has 0 aromatic heterocycles. The predicted molar refractivity (Wildman–Crippen MR) is 82.4 cm³/mol. The molecule has 1 amide bonds. The molecule has 0 fully saturated rings. The van der Waals surface area contributed by atoms with E-state index >= 15 is 0 Å². The van der Waals surface area contributed by atoms with Crippen LogP contribution in [-0.4, -0.2) is 18.8 Å². The van der Waals surface area contributed by atoms with Crippen LogP contribution in [0.4, 0.5) is 5.69 Å². The van der Waals surface area contributed by atoms with Crippen molar-refractivity contribution < 1.29 is 14.3 Å². The molecule has 0 aliphatic heterocycles. The Morgan fingerprint density at radius 2 is 1.81 bits per heavy atom. The molecule has 0 radical (unpaired) electrons. The van der Waals surface area contributed by atoms with Gasteiger partial charge in [-0.25, -0.2) is 0 Å². The third-order valence-corrected chi connectivity index (χ3v) is 3.33. The van der Waals surface area contributed by atoms with Gasteiger partial charge < -0.3 is 10.1 Å². The summed E-state index contributed by atoms with van der Waals surface area (Å²) in [6, 6.07) is 11.3. The summed E-state index contributed by atoms with van der Waals surface area (Å²) in [5.74, 6) is 0.178. The largest absolute Gasteiger partial charge is 0.484 e. The maximum absolute atomic E-state index is 11.7. The van der Waals surface area contributed by atoms with E-state index < -0.39 is 0 Å². The lowest BCUT2D eigenvalue weighted by atomic mass is 10.2. The normalized spacial score (nSPS) is 10.0. The van der Waals surface area contributed by atoms with Crippen molar-refractivity contribution in [1.29, 1.82) is 0 Å². The summed E-state index contributed by atoms with van der Waals surface area (Å²) in [5, 5.41) is 3.42. The predicted octanol–water partition coefficient (Wildman–Crippen LogP) is 3.82. The molecule has 0 aliphatic rings. The Bertz CT molecular complexity index is 656. The first kappa shape index (κ1) is 15.4.